The number of carbonyl (C=O) groups excluding carboxylic acids is 1. The molecule has 0 atom stereocenters. The molecule has 0 saturated heterocycles. The van der Waals surface area contributed by atoms with Gasteiger partial charge in [-0.05, 0) is 60.4 Å². The van der Waals surface area contributed by atoms with Crippen molar-refractivity contribution in [2.24, 2.45) is 0 Å². The summed E-state index contributed by atoms with van der Waals surface area (Å²) in [6.45, 7) is 2.12. The number of fused-ring (bicyclic) bond motifs is 1. The van der Waals surface area contributed by atoms with Crippen molar-refractivity contribution in [1.82, 2.24) is 4.98 Å². The Balaban J connectivity index is 1.48. The van der Waals surface area contributed by atoms with Gasteiger partial charge in [-0.2, -0.15) is 13.2 Å². The highest BCUT2D eigenvalue weighted by Crippen LogP contribution is 2.38. The van der Waals surface area contributed by atoms with Gasteiger partial charge in [0.1, 0.15) is 12.4 Å². The second-order valence-electron chi connectivity index (χ2n) is 7.88. The number of aryl methyl sites for hydroxylation is 1. The summed E-state index contributed by atoms with van der Waals surface area (Å²) in [4.78, 5) is 14.8. The molecule has 34 heavy (non-hydrogen) atoms. The number of hydrogen-bond acceptors (Lipinski definition) is 3. The Labute approximate surface area is 195 Å². The zero-order valence-corrected chi connectivity index (χ0v) is 18.6. The molecule has 0 spiro atoms. The smallest absolute Gasteiger partial charge is 0.417 e. The van der Waals surface area contributed by atoms with E-state index in [-0.39, 0.29) is 24.6 Å². The van der Waals surface area contributed by atoms with Crippen molar-refractivity contribution in [2.45, 2.75) is 32.5 Å². The summed E-state index contributed by atoms with van der Waals surface area (Å²) in [5.41, 5.74) is 2.17. The summed E-state index contributed by atoms with van der Waals surface area (Å²) in [6, 6.07) is 20.2. The number of alkyl halides is 3. The second-order valence-corrected chi connectivity index (χ2v) is 7.88. The Morgan fingerprint density at radius 2 is 1.76 bits per heavy atom. The monoisotopic (exact) mass is 467 g/mol. The molecule has 0 bridgehead atoms. The van der Waals surface area contributed by atoms with E-state index >= 15 is 0 Å². The number of H-pyrrole nitrogens is 1. The van der Waals surface area contributed by atoms with Crippen LogP contribution in [-0.2, 0) is 28.7 Å². The molecule has 0 aliphatic rings. The minimum Gasteiger partial charge on any atom is -0.489 e. The van der Waals surface area contributed by atoms with E-state index in [1.54, 1.807) is 49.4 Å². The SMILES string of the molecule is CCOC(=O)CCc1cc2cc(OCc3ccc(-c4ccccc4)c(C(F)(F)F)c3)ccc2[nH]1. The fraction of sp³-hybridized carbons (Fsp3) is 0.222. The van der Waals surface area contributed by atoms with E-state index < -0.39 is 11.7 Å². The van der Waals surface area contributed by atoms with E-state index in [9.17, 15) is 18.0 Å². The van der Waals surface area contributed by atoms with Gasteiger partial charge in [0, 0.05) is 16.6 Å². The molecule has 4 nitrogen and oxygen atoms in total. The summed E-state index contributed by atoms with van der Waals surface area (Å²) in [5.74, 6) is 0.297. The van der Waals surface area contributed by atoms with Crippen molar-refractivity contribution in [3.63, 3.8) is 0 Å². The van der Waals surface area contributed by atoms with Crippen molar-refractivity contribution in [3.8, 4) is 16.9 Å². The summed E-state index contributed by atoms with van der Waals surface area (Å²) < 4.78 is 52.0. The molecule has 1 aromatic heterocycles. The Morgan fingerprint density at radius 1 is 0.971 bits per heavy atom. The van der Waals surface area contributed by atoms with Crippen LogP contribution in [0.3, 0.4) is 0 Å². The fourth-order valence-corrected chi connectivity index (χ4v) is 3.82. The maximum Gasteiger partial charge on any atom is 0.417 e. The molecule has 1 N–H and O–H groups in total. The highest BCUT2D eigenvalue weighted by molar-refractivity contribution is 5.82. The number of aromatic nitrogens is 1. The van der Waals surface area contributed by atoms with Gasteiger partial charge in [-0.1, -0.05) is 42.5 Å². The number of benzene rings is 3. The largest absolute Gasteiger partial charge is 0.489 e. The molecule has 0 radical (unpaired) electrons. The van der Waals surface area contributed by atoms with Gasteiger partial charge in [0.2, 0.25) is 0 Å². The maximum atomic E-state index is 13.7. The Morgan fingerprint density at radius 3 is 2.50 bits per heavy atom. The number of ether oxygens (including phenoxy) is 2. The first-order valence-electron chi connectivity index (χ1n) is 11.0. The summed E-state index contributed by atoms with van der Waals surface area (Å²) in [6.07, 6.45) is -3.67. The van der Waals surface area contributed by atoms with Crippen LogP contribution >= 0.6 is 0 Å². The third kappa shape index (κ3) is 5.60. The Bertz CT molecular complexity index is 1280. The molecule has 1 heterocycles. The van der Waals surface area contributed by atoms with E-state index in [1.807, 2.05) is 18.2 Å². The number of aromatic amines is 1. The van der Waals surface area contributed by atoms with Crippen LogP contribution in [0.2, 0.25) is 0 Å². The molecular weight excluding hydrogens is 443 g/mol. The van der Waals surface area contributed by atoms with E-state index in [0.717, 1.165) is 22.7 Å². The summed E-state index contributed by atoms with van der Waals surface area (Å²) >= 11 is 0. The van der Waals surface area contributed by atoms with Gasteiger partial charge in [0.05, 0.1) is 18.6 Å². The normalized spacial score (nSPS) is 11.5. The topological polar surface area (TPSA) is 51.3 Å². The summed E-state index contributed by atoms with van der Waals surface area (Å²) in [5, 5.41) is 0.895. The fourth-order valence-electron chi connectivity index (χ4n) is 3.82. The minimum atomic E-state index is -4.48. The maximum absolute atomic E-state index is 13.7. The lowest BCUT2D eigenvalue weighted by molar-refractivity contribution is -0.143. The van der Waals surface area contributed by atoms with E-state index in [2.05, 4.69) is 4.98 Å². The molecule has 0 aliphatic carbocycles. The molecule has 3 aromatic carbocycles. The van der Waals surface area contributed by atoms with Crippen molar-refractivity contribution >= 4 is 16.9 Å². The molecule has 0 amide bonds. The standard InChI is InChI=1S/C27H24F3NO3/c1-2-33-26(32)13-9-21-15-20-16-22(10-12-25(20)31-21)34-17-18-8-11-23(19-6-4-3-5-7-19)24(14-18)27(28,29)30/h3-8,10-12,14-16,31H,2,9,13,17H2,1H3. The Hall–Kier alpha value is -3.74. The zero-order valence-electron chi connectivity index (χ0n) is 18.6. The zero-order chi connectivity index (χ0) is 24.1. The molecule has 4 aromatic rings. The average molecular weight is 467 g/mol. The molecule has 0 aliphatic heterocycles. The lowest BCUT2D eigenvalue weighted by atomic mass is 9.97. The van der Waals surface area contributed by atoms with Crippen LogP contribution in [0.5, 0.6) is 5.75 Å². The number of halogens is 3. The molecular formula is C27H24F3NO3. The number of hydrogen-bond donors (Lipinski definition) is 1. The van der Waals surface area contributed by atoms with Gasteiger partial charge >= 0.3 is 12.1 Å². The van der Waals surface area contributed by atoms with Gasteiger partial charge in [-0.3, -0.25) is 4.79 Å². The quantitative estimate of drug-likeness (QED) is 0.286. The first kappa shape index (κ1) is 23.4. The summed E-state index contributed by atoms with van der Waals surface area (Å²) in [7, 11) is 0. The molecule has 4 rings (SSSR count). The number of carbonyl (C=O) groups is 1. The molecule has 176 valence electrons. The lowest BCUT2D eigenvalue weighted by Crippen LogP contribution is -2.09. The van der Waals surface area contributed by atoms with Crippen LogP contribution in [0.25, 0.3) is 22.0 Å². The molecule has 0 fully saturated rings. The van der Waals surface area contributed by atoms with Crippen LogP contribution in [0.15, 0.2) is 72.8 Å². The van der Waals surface area contributed by atoms with Crippen LogP contribution in [-0.4, -0.2) is 17.6 Å². The highest BCUT2D eigenvalue weighted by Gasteiger charge is 2.34. The third-order valence-corrected chi connectivity index (χ3v) is 5.43. The average Bonchev–Trinajstić information content (AvgIpc) is 3.24. The number of rotatable bonds is 8. The third-order valence-electron chi connectivity index (χ3n) is 5.43. The van der Waals surface area contributed by atoms with Gasteiger partial charge in [-0.15, -0.1) is 0 Å². The van der Waals surface area contributed by atoms with E-state index in [4.69, 9.17) is 9.47 Å². The van der Waals surface area contributed by atoms with Gasteiger partial charge in [0.15, 0.2) is 0 Å². The molecule has 0 unspecified atom stereocenters. The number of esters is 1. The van der Waals surface area contributed by atoms with Crippen molar-refractivity contribution < 1.29 is 27.4 Å². The van der Waals surface area contributed by atoms with Gasteiger partial charge in [0.25, 0.3) is 0 Å². The second kappa shape index (κ2) is 10.0. The first-order valence-corrected chi connectivity index (χ1v) is 11.0. The van der Waals surface area contributed by atoms with Crippen molar-refractivity contribution in [1.29, 1.82) is 0 Å². The minimum absolute atomic E-state index is 0.00376. The first-order chi connectivity index (χ1) is 16.3. The van der Waals surface area contributed by atoms with Crippen LogP contribution in [0.1, 0.15) is 30.2 Å². The highest BCUT2D eigenvalue weighted by atomic mass is 19.4. The molecule has 7 heteroatoms. The van der Waals surface area contributed by atoms with Crippen molar-refractivity contribution in [2.75, 3.05) is 6.61 Å². The van der Waals surface area contributed by atoms with Crippen LogP contribution in [0, 0.1) is 0 Å². The van der Waals surface area contributed by atoms with E-state index in [0.29, 0.717) is 29.9 Å². The Kier molecular flexibility index (Phi) is 6.91. The number of nitrogens with one attached hydrogen (secondary N) is 1. The van der Waals surface area contributed by atoms with Crippen LogP contribution < -0.4 is 4.74 Å². The lowest BCUT2D eigenvalue weighted by Gasteiger charge is -2.15. The van der Waals surface area contributed by atoms with E-state index in [1.165, 1.54) is 6.07 Å². The van der Waals surface area contributed by atoms with Crippen LogP contribution in [0.4, 0.5) is 13.2 Å². The van der Waals surface area contributed by atoms with Gasteiger partial charge in [-0.25, -0.2) is 0 Å². The molecule has 0 saturated carbocycles. The van der Waals surface area contributed by atoms with Crippen molar-refractivity contribution in [3.05, 3.63) is 89.6 Å². The predicted molar refractivity (Wildman–Crippen MR) is 124 cm³/mol. The van der Waals surface area contributed by atoms with Gasteiger partial charge < -0.3 is 14.5 Å². The predicted octanol–water partition coefficient (Wildman–Crippen LogP) is 6.93.